The summed E-state index contributed by atoms with van der Waals surface area (Å²) in [6.45, 7) is -3.39. The first-order chi connectivity index (χ1) is 35.5. The van der Waals surface area contributed by atoms with Crippen molar-refractivity contribution in [2.24, 2.45) is 13.0 Å². The Balaban J connectivity index is 0.969. The van der Waals surface area contributed by atoms with E-state index in [4.69, 9.17) is 44.0 Å². The maximum absolute atomic E-state index is 14.3. The van der Waals surface area contributed by atoms with Gasteiger partial charge in [0.1, 0.15) is 54.1 Å². The summed E-state index contributed by atoms with van der Waals surface area (Å²) in [4.78, 5) is 115. The highest BCUT2D eigenvalue weighted by molar-refractivity contribution is 7.66. The van der Waals surface area contributed by atoms with Gasteiger partial charge in [0.05, 0.1) is 39.3 Å². The normalized spacial score (nSPS) is 30.0. The molecule has 16 atom stereocenters. The predicted molar refractivity (Wildman–Crippen MR) is 247 cm³/mol. The van der Waals surface area contributed by atoms with Gasteiger partial charge in [-0.3, -0.25) is 51.7 Å². The third kappa shape index (κ3) is 11.7. The first-order valence-corrected chi connectivity index (χ1v) is 28.1. The van der Waals surface area contributed by atoms with Gasteiger partial charge in [-0.2, -0.15) is 8.62 Å². The zero-order valence-electron chi connectivity index (χ0n) is 39.7. The lowest BCUT2D eigenvalue weighted by Crippen LogP contribution is -2.45. The number of anilines is 2. The molecular weight excluding hydrogens is 1110 g/mol. The number of methoxy groups -OCH3 is 1. The second-order valence-electron chi connectivity index (χ2n) is 17.4. The van der Waals surface area contributed by atoms with E-state index < -0.39 is 153 Å². The third-order valence-corrected chi connectivity index (χ3v) is 18.4. The number of aromatic nitrogens is 10. The number of carbonyl (C=O) groups is 1. The van der Waals surface area contributed by atoms with Gasteiger partial charge >= 0.3 is 42.4 Å². The van der Waals surface area contributed by atoms with Crippen molar-refractivity contribution in [2.75, 3.05) is 52.5 Å². The summed E-state index contributed by atoms with van der Waals surface area (Å²) in [7, 11) is -18.1. The van der Waals surface area contributed by atoms with Crippen molar-refractivity contribution in [3.8, 4) is 0 Å². The molecule has 0 aromatic carbocycles. The van der Waals surface area contributed by atoms with Crippen molar-refractivity contribution in [1.82, 2.24) is 48.5 Å². The molecule has 0 saturated carbocycles. The molecule has 0 radical (unpaired) electrons. The fourth-order valence-corrected chi connectivity index (χ4v) is 14.0. The molecule has 0 bridgehead atoms. The Kier molecular flexibility index (Phi) is 16.3. The fourth-order valence-electron chi connectivity index (χ4n) is 8.71. The number of aliphatic hydroxyl groups excluding tert-OH is 3. The number of hydrogen-bond donors (Lipinski definition) is 11. The summed E-state index contributed by atoms with van der Waals surface area (Å²) in [5.74, 6) is -2.21. The van der Waals surface area contributed by atoms with Gasteiger partial charge in [0.2, 0.25) is 17.7 Å². The molecule has 5 unspecified atom stereocenters. The van der Waals surface area contributed by atoms with Crippen LogP contribution in [0, 0.1) is 5.92 Å². The van der Waals surface area contributed by atoms with Crippen LogP contribution in [-0.2, 0) is 71.2 Å². The molecule has 41 heteroatoms. The van der Waals surface area contributed by atoms with E-state index >= 15 is 0 Å². The minimum Gasteiger partial charge on any atom is -0.387 e. The highest BCUT2D eigenvalue weighted by atomic mass is 31.3. The quantitative estimate of drug-likeness (QED) is 0.0261. The first kappa shape index (κ1) is 57.1. The number of fused-ring (bicyclic) bond motifs is 2. The standard InChI is InChI=1S/C35H49N13O24P4/c1-44(2)19(50)7-14-15(68-31(22(14)51)48-13-45(3)21-29(48)42-34(37)43-30(21)54)8-66-74(58,59)71-76(62,63)72-75(60,61)67-10-17-26(25(64-4)33(70-17)47-12-40-20-27(36)38-11-39-28(20)47)73(56,57)65-9-16-23(52)24(53)32(69-16)46-6-5-18(49)41-35(46)55/h5-6,11-17,22-26,31-33,51-53H,7-10H2,1-4H3,(H9-,36,37,38,39,41,42,43,49,54,55,56,57,58,59,60,61,62,63)/p+1/t14-,15-,16-,17-,22-,23-,24-,25-,26-,31?,32-,33-/m1/s1. The van der Waals surface area contributed by atoms with Crippen molar-refractivity contribution < 1.29 is 104 Å². The van der Waals surface area contributed by atoms with Crippen molar-refractivity contribution >= 4 is 71.1 Å². The Morgan fingerprint density at radius 1 is 0.829 bits per heavy atom. The molecular formula is C35H50N13O24P4+. The van der Waals surface area contributed by atoms with Gasteiger partial charge in [-0.15, -0.1) is 0 Å². The summed E-state index contributed by atoms with van der Waals surface area (Å²) >= 11 is 0. The molecule has 13 N–H and O–H groups in total. The van der Waals surface area contributed by atoms with Gasteiger partial charge in [-0.1, -0.05) is 4.98 Å². The minimum atomic E-state index is -6.25. The highest BCUT2D eigenvalue weighted by Crippen LogP contribution is 2.68. The van der Waals surface area contributed by atoms with E-state index in [0.717, 1.165) is 36.6 Å². The number of H-pyrrole nitrogens is 2. The summed E-state index contributed by atoms with van der Waals surface area (Å²) in [6, 6.07) is 0.922. The molecule has 3 aliphatic rings. The predicted octanol–water partition coefficient (Wildman–Crippen LogP) is -4.07. The first-order valence-electron chi connectivity index (χ1n) is 21.9. The van der Waals surface area contributed by atoms with E-state index in [0.29, 0.717) is 0 Å². The van der Waals surface area contributed by atoms with Crippen LogP contribution >= 0.6 is 31.1 Å². The molecule has 37 nitrogen and oxygen atoms in total. The average molecular weight is 1160 g/mol. The maximum Gasteiger partial charge on any atom is 0.490 e. The number of aromatic amines is 2. The molecule has 0 spiro atoms. The topological polar surface area (TPSA) is 518 Å². The summed E-state index contributed by atoms with van der Waals surface area (Å²) in [5, 5.41) is 33.0. The lowest BCUT2D eigenvalue weighted by molar-refractivity contribution is -0.745. The van der Waals surface area contributed by atoms with Gasteiger partial charge in [-0.25, -0.2) is 38.0 Å². The van der Waals surface area contributed by atoms with Gasteiger partial charge in [-0.05, 0) is 0 Å². The van der Waals surface area contributed by atoms with Crippen LogP contribution in [0.5, 0.6) is 0 Å². The van der Waals surface area contributed by atoms with E-state index in [9.17, 15) is 72.3 Å². The Labute approximate surface area is 423 Å². The van der Waals surface area contributed by atoms with Crippen LogP contribution in [0.25, 0.3) is 22.3 Å². The van der Waals surface area contributed by atoms with E-state index in [2.05, 4.69) is 33.5 Å². The molecule has 8 rings (SSSR count). The number of ether oxygens (including phenoxy) is 4. The molecule has 418 valence electrons. The second-order valence-corrected chi connectivity index (χ2v) is 24.0. The number of nitrogens with one attached hydrogen (secondary N) is 2. The van der Waals surface area contributed by atoms with E-state index in [1.54, 1.807) is 0 Å². The number of aryl methyl sites for hydroxylation is 1. The number of rotatable bonds is 20. The largest absolute Gasteiger partial charge is 0.490 e. The number of imidazole rings is 2. The average Bonchev–Trinajstić information content (AvgIpc) is 4.13. The van der Waals surface area contributed by atoms with E-state index in [1.807, 2.05) is 4.98 Å². The van der Waals surface area contributed by atoms with Crippen LogP contribution in [0.1, 0.15) is 25.1 Å². The maximum atomic E-state index is 14.3. The molecule has 8 heterocycles. The van der Waals surface area contributed by atoms with Gasteiger partial charge in [0.25, 0.3) is 17.1 Å². The zero-order chi connectivity index (χ0) is 55.6. The minimum absolute atomic E-state index is 0.0102. The molecule has 5 aromatic heterocycles. The number of nitrogens with zero attached hydrogens (tertiary/aromatic N) is 9. The smallest absolute Gasteiger partial charge is 0.387 e. The fraction of sp³-hybridized carbons (Fsp3) is 0.571. The van der Waals surface area contributed by atoms with Crippen molar-refractivity contribution in [3.63, 3.8) is 0 Å². The SMILES string of the molecule is CO[C@@H]1[C@H](P(=O)(O)OC[C@H]2O[C@@H](n3ccc(=O)[nH]c3=O)[C@H](O)[C@@H]2O)[C@@H](COP(=O)(O)OP(=O)(O)OP(=O)(O)OC[C@H]2OC([n+]3cn(C)c4c(=O)[nH]c(N)nc43)[C@H](O)[C@@H]2CC(=O)N(C)C)O[C@H]1n1cnc2c(N)ncnc21. The number of phosphoric ester groups is 2. The van der Waals surface area contributed by atoms with E-state index in [1.165, 1.54) is 46.1 Å². The van der Waals surface area contributed by atoms with Crippen LogP contribution in [0.2, 0.25) is 0 Å². The lowest BCUT2D eigenvalue weighted by Gasteiger charge is -2.28. The van der Waals surface area contributed by atoms with Crippen LogP contribution in [0.3, 0.4) is 0 Å². The summed E-state index contributed by atoms with van der Waals surface area (Å²) in [5.41, 5.74) is 7.12. The molecule has 1 amide bonds. The zero-order valence-corrected chi connectivity index (χ0v) is 43.3. The number of nitrogens with two attached hydrogens (primary N) is 2. The second kappa shape index (κ2) is 21.6. The molecule has 3 fully saturated rings. The molecule has 0 aliphatic carbocycles. The Hall–Kier alpha value is -5.07. The van der Waals surface area contributed by atoms with Crippen molar-refractivity contribution in [2.45, 2.75) is 73.5 Å². The van der Waals surface area contributed by atoms with Gasteiger partial charge < -0.3 is 74.7 Å². The number of nitrogen functional groups attached to an aromatic ring is 2. The Morgan fingerprint density at radius 2 is 1.47 bits per heavy atom. The van der Waals surface area contributed by atoms with Gasteiger partial charge in [0.15, 0.2) is 30.2 Å². The lowest BCUT2D eigenvalue weighted by atomic mass is 9.94. The highest BCUT2D eigenvalue weighted by Gasteiger charge is 2.58. The number of aliphatic hydroxyl groups is 3. The van der Waals surface area contributed by atoms with E-state index in [-0.39, 0.29) is 34.1 Å². The molecule has 3 aliphatic heterocycles. The van der Waals surface area contributed by atoms with Crippen LogP contribution in [-0.4, -0.2) is 179 Å². The number of carbonyl (C=O) groups excluding carboxylic acids is 1. The molecule has 76 heavy (non-hydrogen) atoms. The number of amides is 1. The van der Waals surface area contributed by atoms with Gasteiger partial charge in [0, 0.05) is 45.8 Å². The molecule has 3 saturated heterocycles. The Morgan fingerprint density at radius 3 is 2.12 bits per heavy atom. The summed E-state index contributed by atoms with van der Waals surface area (Å²) in [6.07, 6.45) is -12.7. The van der Waals surface area contributed by atoms with Crippen LogP contribution in [0.15, 0.2) is 45.6 Å². The summed E-state index contributed by atoms with van der Waals surface area (Å²) < 4.78 is 105. The number of hydrogen-bond acceptors (Lipinski definition) is 26. The molecule has 5 aromatic rings. The van der Waals surface area contributed by atoms with Crippen molar-refractivity contribution in [1.29, 1.82) is 0 Å². The third-order valence-electron chi connectivity index (χ3n) is 12.2. The van der Waals surface area contributed by atoms with Crippen LogP contribution in [0.4, 0.5) is 11.8 Å². The van der Waals surface area contributed by atoms with Crippen molar-refractivity contribution in [3.05, 3.63) is 62.4 Å². The van der Waals surface area contributed by atoms with Crippen LogP contribution < -0.4 is 32.8 Å². The number of phosphoric acid groups is 3. The monoisotopic (exact) mass is 1160 g/mol. The Bertz CT molecular complexity index is 3390.